The van der Waals surface area contributed by atoms with E-state index in [-0.39, 0.29) is 15.6 Å². The van der Waals surface area contributed by atoms with E-state index in [1.165, 1.54) is 12.1 Å². The normalized spacial score (nSPS) is 10.8. The lowest BCUT2D eigenvalue weighted by molar-refractivity contribution is -0.382. The number of non-ortho nitro benzene ring substituents is 1. The molecular weight excluding hydrogens is 439 g/mol. The number of benzene rings is 2. The van der Waals surface area contributed by atoms with Crippen molar-refractivity contribution in [3.63, 3.8) is 0 Å². The molecule has 0 fully saturated rings. The first kappa shape index (κ1) is 17.2. The lowest BCUT2D eigenvalue weighted by atomic mass is 10.2. The average Bonchev–Trinajstić information content (AvgIpc) is 2.87. The highest BCUT2D eigenvalue weighted by atomic mass is 79.9. The van der Waals surface area contributed by atoms with Crippen molar-refractivity contribution in [1.29, 1.82) is 0 Å². The molecule has 9 heteroatoms. The number of thiophene rings is 1. The number of rotatable bonds is 3. The molecule has 0 aliphatic heterocycles. The minimum atomic E-state index is -0.498. The zero-order chi connectivity index (χ0) is 17.4. The van der Waals surface area contributed by atoms with Gasteiger partial charge in [-0.15, -0.1) is 11.3 Å². The van der Waals surface area contributed by atoms with E-state index in [0.29, 0.717) is 20.8 Å². The Kier molecular flexibility index (Phi) is 4.78. The molecule has 1 N–H and O–H groups in total. The highest BCUT2D eigenvalue weighted by Gasteiger charge is 2.23. The predicted octanol–water partition coefficient (Wildman–Crippen LogP) is 6.13. The van der Waals surface area contributed by atoms with E-state index < -0.39 is 10.8 Å². The van der Waals surface area contributed by atoms with E-state index in [9.17, 15) is 14.9 Å². The van der Waals surface area contributed by atoms with Crippen molar-refractivity contribution in [1.82, 2.24) is 0 Å². The van der Waals surface area contributed by atoms with Gasteiger partial charge >= 0.3 is 0 Å². The Morgan fingerprint density at radius 2 is 2.00 bits per heavy atom. The molecule has 0 spiro atoms. The van der Waals surface area contributed by atoms with Crippen molar-refractivity contribution in [2.24, 2.45) is 0 Å². The third-order valence-electron chi connectivity index (χ3n) is 3.22. The molecule has 2 aromatic carbocycles. The summed E-state index contributed by atoms with van der Waals surface area (Å²) in [6.45, 7) is 0. The molecule has 1 amide bonds. The van der Waals surface area contributed by atoms with Crippen LogP contribution in [0, 0.1) is 10.1 Å². The number of nitro benzene ring substituents is 1. The number of fused-ring (bicyclic) bond motifs is 1. The van der Waals surface area contributed by atoms with Crippen LogP contribution in [0.1, 0.15) is 9.67 Å². The van der Waals surface area contributed by atoms with Gasteiger partial charge in [0.2, 0.25) is 0 Å². The van der Waals surface area contributed by atoms with Gasteiger partial charge in [-0.25, -0.2) is 0 Å². The number of nitro groups is 1. The number of amides is 1. The highest BCUT2D eigenvalue weighted by Crippen LogP contribution is 2.40. The maximum absolute atomic E-state index is 12.5. The summed E-state index contributed by atoms with van der Waals surface area (Å²) in [7, 11) is 0. The molecule has 0 bridgehead atoms. The van der Waals surface area contributed by atoms with Gasteiger partial charge in [0, 0.05) is 15.9 Å². The minimum Gasteiger partial charge on any atom is -0.320 e. The fraction of sp³-hybridized carbons (Fsp3) is 0. The lowest BCUT2D eigenvalue weighted by Crippen LogP contribution is -2.10. The third kappa shape index (κ3) is 3.12. The number of carbonyl (C=O) groups is 1. The summed E-state index contributed by atoms with van der Waals surface area (Å²) in [6.07, 6.45) is 0. The Morgan fingerprint density at radius 3 is 2.67 bits per heavy atom. The van der Waals surface area contributed by atoms with Crippen LogP contribution in [0.25, 0.3) is 10.1 Å². The maximum Gasteiger partial charge on any atom is 0.287 e. The van der Waals surface area contributed by atoms with Crippen molar-refractivity contribution in [3.05, 3.63) is 65.9 Å². The Balaban J connectivity index is 2.03. The SMILES string of the molecule is O=C(Nc1ccc(Br)cc1Cl)c1sc2c([N+](=O)[O-])cccc2c1Cl. The number of carbonyl (C=O) groups excluding carboxylic acids is 1. The van der Waals surface area contributed by atoms with Gasteiger partial charge in [-0.1, -0.05) is 51.3 Å². The Hall–Kier alpha value is -1.67. The van der Waals surface area contributed by atoms with Crippen LogP contribution in [-0.2, 0) is 0 Å². The van der Waals surface area contributed by atoms with E-state index in [1.54, 1.807) is 24.3 Å². The van der Waals surface area contributed by atoms with Crippen molar-refractivity contribution in [2.45, 2.75) is 0 Å². The van der Waals surface area contributed by atoms with Gasteiger partial charge in [0.05, 0.1) is 20.7 Å². The molecule has 3 aromatic rings. The van der Waals surface area contributed by atoms with Crippen LogP contribution in [-0.4, -0.2) is 10.8 Å². The summed E-state index contributed by atoms with van der Waals surface area (Å²) in [5, 5.41) is 14.8. The second-order valence-electron chi connectivity index (χ2n) is 4.73. The van der Waals surface area contributed by atoms with Crippen LogP contribution >= 0.6 is 50.5 Å². The quantitative estimate of drug-likeness (QED) is 0.389. The second-order valence-corrected chi connectivity index (χ2v) is 7.46. The van der Waals surface area contributed by atoms with Gasteiger partial charge in [0.25, 0.3) is 11.6 Å². The van der Waals surface area contributed by atoms with Crippen molar-refractivity contribution < 1.29 is 9.72 Å². The van der Waals surface area contributed by atoms with Crippen LogP contribution in [0.4, 0.5) is 11.4 Å². The summed E-state index contributed by atoms with van der Waals surface area (Å²) >= 11 is 16.6. The minimum absolute atomic E-state index is 0.0832. The monoisotopic (exact) mass is 444 g/mol. The molecule has 0 radical (unpaired) electrons. The molecule has 0 unspecified atom stereocenters. The largest absolute Gasteiger partial charge is 0.320 e. The number of anilines is 1. The van der Waals surface area contributed by atoms with E-state index in [0.717, 1.165) is 15.8 Å². The fourth-order valence-corrected chi connectivity index (χ4v) is 4.34. The Bertz CT molecular complexity index is 990. The van der Waals surface area contributed by atoms with Gasteiger partial charge in [-0.2, -0.15) is 0 Å². The van der Waals surface area contributed by atoms with E-state index in [2.05, 4.69) is 21.2 Å². The molecule has 0 atom stereocenters. The van der Waals surface area contributed by atoms with Crippen molar-refractivity contribution >= 4 is 77.8 Å². The van der Waals surface area contributed by atoms with Gasteiger partial charge < -0.3 is 5.32 Å². The summed E-state index contributed by atoms with van der Waals surface area (Å²) in [6, 6.07) is 9.58. The molecule has 122 valence electrons. The van der Waals surface area contributed by atoms with E-state index in [4.69, 9.17) is 23.2 Å². The number of nitrogens with one attached hydrogen (secondary N) is 1. The lowest BCUT2D eigenvalue weighted by Gasteiger charge is -2.06. The summed E-state index contributed by atoms with van der Waals surface area (Å²) < 4.78 is 1.14. The van der Waals surface area contributed by atoms with Gasteiger partial charge in [-0.05, 0) is 18.2 Å². The number of halogens is 3. The number of nitrogens with zero attached hydrogens (tertiary/aromatic N) is 1. The first-order valence-corrected chi connectivity index (χ1v) is 8.87. The molecule has 0 aliphatic carbocycles. The van der Waals surface area contributed by atoms with E-state index >= 15 is 0 Å². The fourth-order valence-electron chi connectivity index (χ4n) is 2.13. The van der Waals surface area contributed by atoms with Crippen LogP contribution in [0.5, 0.6) is 0 Å². The molecule has 24 heavy (non-hydrogen) atoms. The number of hydrogen-bond acceptors (Lipinski definition) is 4. The topological polar surface area (TPSA) is 72.2 Å². The average molecular weight is 446 g/mol. The zero-order valence-electron chi connectivity index (χ0n) is 11.7. The predicted molar refractivity (Wildman–Crippen MR) is 101 cm³/mol. The van der Waals surface area contributed by atoms with Crippen molar-refractivity contribution in [3.8, 4) is 0 Å². The molecule has 0 saturated heterocycles. The summed E-state index contributed by atoms with van der Waals surface area (Å²) in [5.41, 5.74) is 0.341. The molecule has 5 nitrogen and oxygen atoms in total. The number of hydrogen-bond donors (Lipinski definition) is 1. The molecule has 0 aliphatic rings. The van der Waals surface area contributed by atoms with Crippen LogP contribution in [0.2, 0.25) is 10.0 Å². The van der Waals surface area contributed by atoms with Crippen LogP contribution < -0.4 is 5.32 Å². The van der Waals surface area contributed by atoms with Gasteiger partial charge in [0.15, 0.2) is 0 Å². The molecule has 1 heterocycles. The van der Waals surface area contributed by atoms with Gasteiger partial charge in [0.1, 0.15) is 9.58 Å². The first-order valence-electron chi connectivity index (χ1n) is 6.50. The Labute approximate surface area is 158 Å². The van der Waals surface area contributed by atoms with Gasteiger partial charge in [-0.3, -0.25) is 14.9 Å². The summed E-state index contributed by atoms with van der Waals surface area (Å²) in [5.74, 6) is -0.472. The molecule has 3 rings (SSSR count). The van der Waals surface area contributed by atoms with E-state index in [1.807, 2.05) is 0 Å². The van der Waals surface area contributed by atoms with Crippen molar-refractivity contribution in [2.75, 3.05) is 5.32 Å². The second kappa shape index (κ2) is 6.68. The van der Waals surface area contributed by atoms with Crippen LogP contribution in [0.15, 0.2) is 40.9 Å². The molecular formula is C15H7BrCl2N2O3S. The molecule has 1 aromatic heterocycles. The highest BCUT2D eigenvalue weighted by molar-refractivity contribution is 9.10. The first-order chi connectivity index (χ1) is 11.4. The standard InChI is InChI=1S/C15H7BrCl2N2O3S/c16-7-4-5-10(9(17)6-7)19-15(21)14-12(18)8-2-1-3-11(20(22)23)13(8)24-14/h1-6H,(H,19,21). The zero-order valence-corrected chi connectivity index (χ0v) is 15.6. The van der Waals surface area contributed by atoms with Crippen LogP contribution in [0.3, 0.4) is 0 Å². The summed E-state index contributed by atoms with van der Waals surface area (Å²) in [4.78, 5) is 23.3. The third-order valence-corrected chi connectivity index (χ3v) is 5.75. The Morgan fingerprint density at radius 1 is 1.25 bits per heavy atom. The smallest absolute Gasteiger partial charge is 0.287 e. The maximum atomic E-state index is 12.5. The molecule has 0 saturated carbocycles.